The van der Waals surface area contributed by atoms with Gasteiger partial charge in [0.05, 0.1) is 22.7 Å². The molecule has 0 N–H and O–H groups in total. The number of nitrogens with zero attached hydrogens (tertiary/aromatic N) is 2. The zero-order chi connectivity index (χ0) is 55.3. The van der Waals surface area contributed by atoms with E-state index in [1.165, 1.54) is 5.19 Å². The fourth-order valence-electron chi connectivity index (χ4n) is 12.3. The van der Waals surface area contributed by atoms with Gasteiger partial charge in [0, 0.05) is 44.6 Å². The number of halogens is 2. The highest BCUT2D eigenvalue weighted by Crippen LogP contribution is 2.51. The van der Waals surface area contributed by atoms with Crippen molar-refractivity contribution in [1.29, 1.82) is 0 Å². The normalized spacial score (nSPS) is 12.2. The maximum absolute atomic E-state index is 18.0. The molecule has 0 unspecified atom stereocenters. The van der Waals surface area contributed by atoms with Gasteiger partial charge in [0.1, 0.15) is 31.1 Å². The highest BCUT2D eigenvalue weighted by atomic mass is 28.3. The minimum absolute atomic E-state index is 0.352. The van der Waals surface area contributed by atoms with Crippen molar-refractivity contribution >= 4 is 63.5 Å². The minimum Gasteiger partial charge on any atom is -0.456 e. The summed E-state index contributed by atoms with van der Waals surface area (Å²) in [7, 11) is -2.57. The average molecular weight is 1080 g/mol. The van der Waals surface area contributed by atoms with Gasteiger partial charge in [-0.15, -0.1) is 0 Å². The highest BCUT2D eigenvalue weighted by Gasteiger charge is 2.43. The molecule has 3 nitrogen and oxygen atoms in total. The Bertz CT molecular complexity index is 4490. The number of anilines is 6. The van der Waals surface area contributed by atoms with E-state index < -0.39 is 8.07 Å². The molecule has 0 amide bonds. The summed E-state index contributed by atoms with van der Waals surface area (Å²) in [5.41, 5.74) is 16.5. The molecule has 2 heterocycles. The van der Waals surface area contributed by atoms with Crippen molar-refractivity contribution in [2.24, 2.45) is 0 Å². The molecule has 82 heavy (non-hydrogen) atoms. The van der Waals surface area contributed by atoms with E-state index in [9.17, 15) is 0 Å². The van der Waals surface area contributed by atoms with Crippen LogP contribution in [0.2, 0.25) is 13.1 Å². The van der Waals surface area contributed by atoms with Crippen molar-refractivity contribution < 1.29 is 13.2 Å². The van der Waals surface area contributed by atoms with E-state index in [-0.39, 0.29) is 11.6 Å². The molecule has 0 saturated heterocycles. The van der Waals surface area contributed by atoms with Crippen LogP contribution in [0.15, 0.2) is 296 Å². The molecular formula is C76H54F2N2OSi. The van der Waals surface area contributed by atoms with Gasteiger partial charge in [0.25, 0.3) is 0 Å². The molecular weight excluding hydrogens is 1020 g/mol. The number of para-hydroxylation sites is 2. The maximum atomic E-state index is 18.0. The molecule has 14 rings (SSSR count). The van der Waals surface area contributed by atoms with Crippen LogP contribution in [0.25, 0.3) is 89.1 Å². The lowest BCUT2D eigenvalue weighted by molar-refractivity contribution is 0.629. The van der Waals surface area contributed by atoms with Gasteiger partial charge in [-0.2, -0.15) is 0 Å². The molecule has 0 fully saturated rings. The summed E-state index contributed by atoms with van der Waals surface area (Å²) >= 11 is 0. The topological polar surface area (TPSA) is 19.6 Å². The van der Waals surface area contributed by atoms with Crippen LogP contribution in [-0.4, -0.2) is 8.07 Å². The molecule has 13 aromatic rings. The van der Waals surface area contributed by atoms with Crippen LogP contribution in [0.4, 0.5) is 42.9 Å². The number of hydrogen-bond acceptors (Lipinski definition) is 3. The largest absolute Gasteiger partial charge is 0.456 e. The molecule has 0 aliphatic carbocycles. The van der Waals surface area contributed by atoms with Crippen LogP contribution >= 0.6 is 0 Å². The van der Waals surface area contributed by atoms with E-state index in [1.807, 2.05) is 164 Å². The third kappa shape index (κ3) is 8.81. The Morgan fingerprint density at radius 3 is 1.12 bits per heavy atom. The standard InChI is InChI=1S/C76H54F2N2OSi/c1-82(2)72-44-42-60(80(70-40-24-22-38-62(70)54-31-15-6-16-32-54)74-64(56-35-19-8-20-36-56)46-58(48-68(74)78)52-27-11-4-12-28-52)50-66(72)75-76(82)65-49-59(41-43-71(65)81-75)79(69-39-23-21-37-61(69)53-29-13-5-14-30-53)73-63(55-33-17-7-18-34-55)45-57(47-67(73)77)51-25-9-3-10-26-51/h3-50H,1-2H3. The Kier molecular flexibility index (Phi) is 12.7. The Morgan fingerprint density at radius 2 is 0.683 bits per heavy atom. The van der Waals surface area contributed by atoms with Gasteiger partial charge in [-0.1, -0.05) is 238 Å². The molecule has 0 bridgehead atoms. The highest BCUT2D eigenvalue weighted by molar-refractivity contribution is 7.05. The van der Waals surface area contributed by atoms with E-state index in [0.29, 0.717) is 11.4 Å². The minimum atomic E-state index is -2.57. The Balaban J connectivity index is 0.984. The first kappa shape index (κ1) is 50.1. The number of fused-ring (bicyclic) bond motifs is 5. The summed E-state index contributed by atoms with van der Waals surface area (Å²) in [6, 6.07) is 97.9. The van der Waals surface area contributed by atoms with Crippen LogP contribution in [0.3, 0.4) is 0 Å². The van der Waals surface area contributed by atoms with E-state index >= 15 is 8.78 Å². The molecule has 1 aliphatic heterocycles. The van der Waals surface area contributed by atoms with Crippen molar-refractivity contribution in [3.8, 4) is 78.1 Å². The molecule has 0 atom stereocenters. The summed E-state index contributed by atoms with van der Waals surface area (Å²) in [5, 5.41) is 3.36. The summed E-state index contributed by atoms with van der Waals surface area (Å²) < 4.78 is 43.3. The molecule has 0 saturated carbocycles. The van der Waals surface area contributed by atoms with Crippen molar-refractivity contribution in [3.05, 3.63) is 303 Å². The van der Waals surface area contributed by atoms with Gasteiger partial charge >= 0.3 is 0 Å². The van der Waals surface area contributed by atoms with Crippen molar-refractivity contribution in [3.63, 3.8) is 0 Å². The second kappa shape index (κ2) is 20.8. The van der Waals surface area contributed by atoms with E-state index in [4.69, 9.17) is 4.42 Å². The summed E-state index contributed by atoms with van der Waals surface area (Å²) in [6.45, 7) is 4.77. The van der Waals surface area contributed by atoms with Crippen LogP contribution in [0, 0.1) is 11.6 Å². The zero-order valence-electron chi connectivity index (χ0n) is 45.3. The van der Waals surface area contributed by atoms with Crippen molar-refractivity contribution in [1.82, 2.24) is 0 Å². The first-order valence-corrected chi connectivity index (χ1v) is 30.8. The number of benzene rings is 12. The molecule has 12 aromatic carbocycles. The maximum Gasteiger partial charge on any atom is 0.148 e. The fourth-order valence-corrected chi connectivity index (χ4v) is 15.6. The summed E-state index contributed by atoms with van der Waals surface area (Å²) in [6.07, 6.45) is 0. The number of hydrogen-bond donors (Lipinski definition) is 0. The lowest BCUT2D eigenvalue weighted by Crippen LogP contribution is -2.49. The van der Waals surface area contributed by atoms with Gasteiger partial charge in [-0.05, 0) is 122 Å². The lowest BCUT2D eigenvalue weighted by atomic mass is 9.94. The van der Waals surface area contributed by atoms with Gasteiger partial charge in [-0.25, -0.2) is 8.78 Å². The third-order valence-electron chi connectivity index (χ3n) is 16.2. The molecule has 0 radical (unpaired) electrons. The first-order valence-electron chi connectivity index (χ1n) is 27.8. The van der Waals surface area contributed by atoms with E-state index in [2.05, 4.69) is 138 Å². The van der Waals surface area contributed by atoms with Gasteiger partial charge in [-0.3, -0.25) is 0 Å². The molecule has 0 spiro atoms. The van der Waals surface area contributed by atoms with Crippen LogP contribution in [0.5, 0.6) is 0 Å². The zero-order valence-corrected chi connectivity index (χ0v) is 46.3. The van der Waals surface area contributed by atoms with E-state index in [0.717, 1.165) is 117 Å². The monoisotopic (exact) mass is 1080 g/mol. The molecule has 1 aromatic heterocycles. The predicted octanol–water partition coefficient (Wildman–Crippen LogP) is 20.5. The lowest BCUT2D eigenvalue weighted by Gasteiger charge is -2.31. The Morgan fingerprint density at radius 1 is 0.317 bits per heavy atom. The summed E-state index contributed by atoms with van der Waals surface area (Å²) in [5.74, 6) is 0.102. The van der Waals surface area contributed by atoms with Crippen molar-refractivity contribution in [2.45, 2.75) is 13.1 Å². The molecule has 392 valence electrons. The van der Waals surface area contributed by atoms with Gasteiger partial charge in [0.15, 0.2) is 0 Å². The quantitative estimate of drug-likeness (QED) is 0.114. The Hall–Kier alpha value is -10.1. The SMILES string of the molecule is C[Si]1(C)c2ccc(N(c3ccccc3-c3ccccc3)c3c(F)cc(-c4ccccc4)cc3-c3ccccc3)cc2-c2oc3ccc(N(c4ccccc4-c4ccccc4)c4c(F)cc(-c5ccccc5)cc4-c4ccccc4)cc3c21. The third-order valence-corrected chi connectivity index (χ3v) is 19.7. The number of furan rings is 1. The van der Waals surface area contributed by atoms with Crippen LogP contribution < -0.4 is 20.2 Å². The second-order valence-corrected chi connectivity index (χ2v) is 25.7. The fraction of sp³-hybridized carbons (Fsp3) is 0.0263. The van der Waals surface area contributed by atoms with Crippen molar-refractivity contribution in [2.75, 3.05) is 9.80 Å². The average Bonchev–Trinajstić information content (AvgIpc) is 4.21. The van der Waals surface area contributed by atoms with E-state index in [1.54, 1.807) is 12.1 Å². The van der Waals surface area contributed by atoms with Gasteiger partial charge < -0.3 is 14.2 Å². The van der Waals surface area contributed by atoms with Gasteiger partial charge in [0.2, 0.25) is 0 Å². The smallest absolute Gasteiger partial charge is 0.148 e. The summed E-state index contributed by atoms with van der Waals surface area (Å²) in [4.78, 5) is 4.21. The molecule has 6 heteroatoms. The Labute approximate surface area is 477 Å². The van der Waals surface area contributed by atoms with Crippen LogP contribution in [-0.2, 0) is 0 Å². The number of rotatable bonds is 12. The predicted molar refractivity (Wildman–Crippen MR) is 340 cm³/mol. The first-order chi connectivity index (χ1) is 40.3. The van der Waals surface area contributed by atoms with Crippen LogP contribution in [0.1, 0.15) is 0 Å². The second-order valence-electron chi connectivity index (χ2n) is 21.5. The molecule has 1 aliphatic rings.